The van der Waals surface area contributed by atoms with E-state index in [-0.39, 0.29) is 0 Å². The Morgan fingerprint density at radius 1 is 1.36 bits per heavy atom. The van der Waals surface area contributed by atoms with Crippen LogP contribution in [0.5, 0.6) is 0 Å². The number of hydrogen-bond acceptors (Lipinski definition) is 0. The summed E-state index contributed by atoms with van der Waals surface area (Å²) in [7, 11) is 0. The Hall–Kier alpha value is 0. The van der Waals surface area contributed by atoms with E-state index in [0.717, 1.165) is 11.3 Å². The Balaban J connectivity index is 0.000000461. The van der Waals surface area contributed by atoms with Gasteiger partial charge >= 0.3 is 0 Å². The Bertz CT molecular complexity index is 96.2. The van der Waals surface area contributed by atoms with Crippen LogP contribution in [-0.2, 0) is 0 Å². The van der Waals surface area contributed by atoms with Gasteiger partial charge in [0.15, 0.2) is 0 Å². The molecule has 0 heteroatoms. The van der Waals surface area contributed by atoms with Crippen LogP contribution < -0.4 is 0 Å². The van der Waals surface area contributed by atoms with Crippen LogP contribution in [-0.4, -0.2) is 0 Å². The Morgan fingerprint density at radius 3 is 2.00 bits per heavy atom. The highest BCUT2D eigenvalue weighted by atomic mass is 14.4. The van der Waals surface area contributed by atoms with Gasteiger partial charge in [-0.15, -0.1) is 0 Å². The van der Waals surface area contributed by atoms with E-state index >= 15 is 0 Å². The first-order chi connectivity index (χ1) is 5.19. The van der Waals surface area contributed by atoms with E-state index < -0.39 is 0 Å². The van der Waals surface area contributed by atoms with E-state index in [0.29, 0.717) is 0 Å². The lowest BCUT2D eigenvalue weighted by molar-refractivity contribution is 0.0546. The van der Waals surface area contributed by atoms with E-state index in [4.69, 9.17) is 0 Å². The van der Waals surface area contributed by atoms with Gasteiger partial charge in [0, 0.05) is 0 Å². The molecule has 0 nitrogen and oxygen atoms in total. The largest absolute Gasteiger partial charge is 0.0683 e. The molecular weight excluding hydrogens is 132 g/mol. The van der Waals surface area contributed by atoms with Gasteiger partial charge in [0.25, 0.3) is 0 Å². The molecule has 0 aromatic rings. The fraction of sp³-hybridized carbons (Fsp3) is 1.00. The van der Waals surface area contributed by atoms with Crippen molar-refractivity contribution in [2.75, 3.05) is 0 Å². The quantitative estimate of drug-likeness (QED) is 0.560. The lowest BCUT2D eigenvalue weighted by atomic mass is 9.60. The van der Waals surface area contributed by atoms with Crippen LogP contribution in [0.3, 0.4) is 0 Å². The average Bonchev–Trinajstić information content (AvgIpc) is 2.06. The molecule has 0 bridgehead atoms. The summed E-state index contributed by atoms with van der Waals surface area (Å²) in [6, 6.07) is 0. The minimum Gasteiger partial charge on any atom is -0.0683 e. The van der Waals surface area contributed by atoms with Gasteiger partial charge in [-0.3, -0.25) is 0 Å². The zero-order valence-electron chi connectivity index (χ0n) is 8.91. The van der Waals surface area contributed by atoms with E-state index in [2.05, 4.69) is 20.8 Å². The van der Waals surface area contributed by atoms with Gasteiger partial charge in [-0.25, -0.2) is 0 Å². The standard InChI is InChI=1S/C9H18.C2H6/c1-4-6-9(3)7-5-8(9)2;1-2/h8H,4-7H2,1-3H3;1-2H3. The van der Waals surface area contributed by atoms with Crippen LogP contribution in [0.15, 0.2) is 0 Å². The third kappa shape index (κ3) is 2.50. The molecule has 0 spiro atoms. The van der Waals surface area contributed by atoms with E-state index in [1.807, 2.05) is 13.8 Å². The van der Waals surface area contributed by atoms with Crippen molar-refractivity contribution in [1.29, 1.82) is 0 Å². The first-order valence-corrected chi connectivity index (χ1v) is 5.19. The van der Waals surface area contributed by atoms with Crippen molar-refractivity contribution in [3.63, 3.8) is 0 Å². The second-order valence-corrected chi connectivity index (χ2v) is 3.84. The molecule has 1 saturated carbocycles. The summed E-state index contributed by atoms with van der Waals surface area (Å²) < 4.78 is 0. The van der Waals surface area contributed by atoms with Gasteiger partial charge in [-0.05, 0) is 30.6 Å². The molecule has 0 aliphatic heterocycles. The average molecular weight is 156 g/mol. The van der Waals surface area contributed by atoms with Gasteiger partial charge < -0.3 is 0 Å². The van der Waals surface area contributed by atoms with Gasteiger partial charge in [0.1, 0.15) is 0 Å². The molecule has 68 valence electrons. The van der Waals surface area contributed by atoms with Crippen molar-refractivity contribution in [1.82, 2.24) is 0 Å². The maximum Gasteiger partial charge on any atom is -0.0300 e. The van der Waals surface area contributed by atoms with Gasteiger partial charge in [0.05, 0.1) is 0 Å². The summed E-state index contributed by atoms with van der Waals surface area (Å²) in [4.78, 5) is 0. The zero-order valence-corrected chi connectivity index (χ0v) is 8.91. The van der Waals surface area contributed by atoms with Gasteiger partial charge in [-0.2, -0.15) is 0 Å². The molecule has 0 N–H and O–H groups in total. The van der Waals surface area contributed by atoms with Crippen molar-refractivity contribution in [2.45, 2.75) is 60.3 Å². The fourth-order valence-corrected chi connectivity index (χ4v) is 1.87. The van der Waals surface area contributed by atoms with Crippen molar-refractivity contribution in [3.05, 3.63) is 0 Å². The third-order valence-corrected chi connectivity index (χ3v) is 3.16. The summed E-state index contributed by atoms with van der Waals surface area (Å²) in [5, 5.41) is 0. The van der Waals surface area contributed by atoms with Crippen LogP contribution in [0.4, 0.5) is 0 Å². The van der Waals surface area contributed by atoms with E-state index in [1.165, 1.54) is 25.7 Å². The predicted octanol–water partition coefficient (Wildman–Crippen LogP) is 4.25. The van der Waals surface area contributed by atoms with E-state index in [1.54, 1.807) is 0 Å². The summed E-state index contributed by atoms with van der Waals surface area (Å²) in [5.74, 6) is 0.998. The van der Waals surface area contributed by atoms with Crippen molar-refractivity contribution >= 4 is 0 Å². The van der Waals surface area contributed by atoms with Crippen LogP contribution in [0.25, 0.3) is 0 Å². The smallest absolute Gasteiger partial charge is 0.0300 e. The lowest BCUT2D eigenvalue weighted by Gasteiger charge is -2.45. The molecule has 1 aliphatic rings. The second kappa shape index (κ2) is 4.79. The fourth-order valence-electron chi connectivity index (χ4n) is 1.87. The summed E-state index contributed by atoms with van der Waals surface area (Å²) in [6.45, 7) is 11.1. The Labute approximate surface area is 72.4 Å². The minimum absolute atomic E-state index is 0.731. The molecule has 0 aromatic carbocycles. The first-order valence-electron chi connectivity index (χ1n) is 5.19. The third-order valence-electron chi connectivity index (χ3n) is 3.16. The number of rotatable bonds is 2. The molecule has 0 saturated heterocycles. The monoisotopic (exact) mass is 156 g/mol. The van der Waals surface area contributed by atoms with Crippen molar-refractivity contribution < 1.29 is 0 Å². The normalized spacial score (nSPS) is 35.2. The highest BCUT2D eigenvalue weighted by Gasteiger charge is 2.37. The predicted molar refractivity (Wildman–Crippen MR) is 52.8 cm³/mol. The number of hydrogen-bond donors (Lipinski definition) is 0. The Morgan fingerprint density at radius 2 is 1.91 bits per heavy atom. The van der Waals surface area contributed by atoms with Crippen molar-refractivity contribution in [3.8, 4) is 0 Å². The van der Waals surface area contributed by atoms with Gasteiger partial charge in [-0.1, -0.05) is 41.0 Å². The Kier molecular flexibility index (Phi) is 4.79. The van der Waals surface area contributed by atoms with Gasteiger partial charge in [0.2, 0.25) is 0 Å². The highest BCUT2D eigenvalue weighted by molar-refractivity contribution is 4.88. The molecule has 1 fully saturated rings. The molecule has 1 rings (SSSR count). The molecular formula is C11H24. The lowest BCUT2D eigenvalue weighted by Crippen LogP contribution is -2.35. The molecule has 0 radical (unpaired) electrons. The van der Waals surface area contributed by atoms with Crippen LogP contribution in [0.1, 0.15) is 60.3 Å². The molecule has 0 amide bonds. The molecule has 2 unspecified atom stereocenters. The zero-order chi connectivity index (χ0) is 8.91. The second-order valence-electron chi connectivity index (χ2n) is 3.84. The SMILES string of the molecule is CC.CCCC1(C)CCC1C. The summed E-state index contributed by atoms with van der Waals surface area (Å²) in [5.41, 5.74) is 0.731. The van der Waals surface area contributed by atoms with Crippen molar-refractivity contribution in [2.24, 2.45) is 11.3 Å². The minimum atomic E-state index is 0.731. The van der Waals surface area contributed by atoms with Crippen LogP contribution >= 0.6 is 0 Å². The first kappa shape index (κ1) is 11.0. The molecule has 11 heavy (non-hydrogen) atoms. The summed E-state index contributed by atoms with van der Waals surface area (Å²) in [6.07, 6.45) is 5.74. The van der Waals surface area contributed by atoms with Crippen LogP contribution in [0, 0.1) is 11.3 Å². The topological polar surface area (TPSA) is 0 Å². The highest BCUT2D eigenvalue weighted by Crippen LogP contribution is 2.49. The maximum absolute atomic E-state index is 2.44. The van der Waals surface area contributed by atoms with Crippen LogP contribution in [0.2, 0.25) is 0 Å². The van der Waals surface area contributed by atoms with E-state index in [9.17, 15) is 0 Å². The molecule has 0 heterocycles. The molecule has 1 aliphatic carbocycles. The molecule has 0 aromatic heterocycles. The summed E-state index contributed by atoms with van der Waals surface area (Å²) >= 11 is 0. The maximum atomic E-state index is 2.44. The molecule has 2 atom stereocenters.